The van der Waals surface area contributed by atoms with E-state index in [1.54, 1.807) is 30.3 Å². The molecule has 5 heteroatoms. The van der Waals surface area contributed by atoms with Gasteiger partial charge >= 0.3 is 0 Å². The van der Waals surface area contributed by atoms with Crippen LogP contribution in [0.25, 0.3) is 0 Å². The van der Waals surface area contributed by atoms with Gasteiger partial charge in [0.25, 0.3) is 11.8 Å². The zero-order chi connectivity index (χ0) is 15.7. The largest absolute Gasteiger partial charge is 0.326 e. The number of nitrogens with two attached hydrogens (primary N) is 1. The summed E-state index contributed by atoms with van der Waals surface area (Å²) in [6.45, 7) is 0.193. The van der Waals surface area contributed by atoms with Crippen LogP contribution < -0.4 is 5.73 Å². The first-order valence-corrected chi connectivity index (χ1v) is 7.39. The molecule has 0 aromatic heterocycles. The average molecular weight is 315 g/mol. The summed E-state index contributed by atoms with van der Waals surface area (Å²) >= 11 is 5.95. The molecule has 0 saturated carbocycles. The number of hydrogen-bond acceptors (Lipinski definition) is 3. The van der Waals surface area contributed by atoms with E-state index in [0.29, 0.717) is 22.6 Å². The first-order chi connectivity index (χ1) is 10.6. The molecular weight excluding hydrogens is 300 g/mol. The van der Waals surface area contributed by atoms with Gasteiger partial charge in [-0.3, -0.25) is 14.5 Å². The Hall–Kier alpha value is -2.17. The maximum Gasteiger partial charge on any atom is 0.261 e. The number of carbonyl (C=O) groups excluding carboxylic acids is 2. The lowest BCUT2D eigenvalue weighted by Gasteiger charge is -2.19. The highest BCUT2D eigenvalue weighted by molar-refractivity contribution is 6.30. The highest BCUT2D eigenvalue weighted by Gasteiger charge is 2.35. The molecule has 2 aromatic carbocycles. The van der Waals surface area contributed by atoms with Crippen molar-refractivity contribution >= 4 is 23.4 Å². The molecule has 4 nitrogen and oxygen atoms in total. The third-order valence-electron chi connectivity index (χ3n) is 3.68. The van der Waals surface area contributed by atoms with Gasteiger partial charge in [-0.1, -0.05) is 35.9 Å². The smallest absolute Gasteiger partial charge is 0.261 e. The van der Waals surface area contributed by atoms with Gasteiger partial charge in [-0.2, -0.15) is 0 Å². The number of imide groups is 1. The Kier molecular flexibility index (Phi) is 3.96. The average Bonchev–Trinajstić information content (AvgIpc) is 2.73. The summed E-state index contributed by atoms with van der Waals surface area (Å²) in [5.41, 5.74) is 7.98. The SMILES string of the molecule is NC(Cc1cccc(Cl)c1)CN1C(=O)c2ccccc2C1=O. The number of nitrogens with zero attached hydrogens (tertiary/aromatic N) is 1. The summed E-state index contributed by atoms with van der Waals surface area (Å²) < 4.78 is 0. The molecule has 0 aliphatic carbocycles. The monoisotopic (exact) mass is 314 g/mol. The Morgan fingerprint density at radius 2 is 1.64 bits per heavy atom. The Morgan fingerprint density at radius 3 is 2.23 bits per heavy atom. The van der Waals surface area contributed by atoms with E-state index in [4.69, 9.17) is 17.3 Å². The van der Waals surface area contributed by atoms with Gasteiger partial charge in [0.1, 0.15) is 0 Å². The first kappa shape index (κ1) is 14.8. The van der Waals surface area contributed by atoms with Gasteiger partial charge in [0.2, 0.25) is 0 Å². The molecule has 112 valence electrons. The number of hydrogen-bond donors (Lipinski definition) is 1. The molecule has 3 rings (SSSR count). The number of halogens is 1. The summed E-state index contributed by atoms with van der Waals surface area (Å²) in [7, 11) is 0. The Balaban J connectivity index is 1.72. The summed E-state index contributed by atoms with van der Waals surface area (Å²) in [5.74, 6) is -0.552. The standard InChI is InChI=1S/C17H15ClN2O2/c18-12-5-3-4-11(8-12)9-13(19)10-20-16(21)14-6-1-2-7-15(14)17(20)22/h1-8,13H,9-10,19H2. The van der Waals surface area contributed by atoms with Crippen LogP contribution in [0.1, 0.15) is 26.3 Å². The van der Waals surface area contributed by atoms with Crippen molar-refractivity contribution in [3.8, 4) is 0 Å². The number of fused-ring (bicyclic) bond motifs is 1. The van der Waals surface area contributed by atoms with Crippen molar-refractivity contribution in [1.29, 1.82) is 0 Å². The fourth-order valence-corrected chi connectivity index (χ4v) is 2.88. The van der Waals surface area contributed by atoms with Crippen molar-refractivity contribution in [2.45, 2.75) is 12.5 Å². The number of benzene rings is 2. The van der Waals surface area contributed by atoms with Crippen molar-refractivity contribution in [2.24, 2.45) is 5.73 Å². The van der Waals surface area contributed by atoms with Crippen molar-refractivity contribution in [3.63, 3.8) is 0 Å². The fourth-order valence-electron chi connectivity index (χ4n) is 2.67. The van der Waals surface area contributed by atoms with E-state index < -0.39 is 0 Å². The van der Waals surface area contributed by atoms with Crippen LogP contribution in [0.2, 0.25) is 5.02 Å². The maximum atomic E-state index is 12.3. The van der Waals surface area contributed by atoms with Gasteiger partial charge in [0, 0.05) is 17.6 Å². The fraction of sp³-hybridized carbons (Fsp3) is 0.176. The van der Waals surface area contributed by atoms with Crippen molar-refractivity contribution in [2.75, 3.05) is 6.54 Å². The first-order valence-electron chi connectivity index (χ1n) is 7.01. The number of carbonyl (C=O) groups is 2. The van der Waals surface area contributed by atoms with E-state index in [1.807, 2.05) is 18.2 Å². The molecule has 0 saturated heterocycles. The summed E-state index contributed by atoms with van der Waals surface area (Å²) in [6.07, 6.45) is 0.550. The highest BCUT2D eigenvalue weighted by Crippen LogP contribution is 2.22. The Labute approximate surface area is 133 Å². The van der Waals surface area contributed by atoms with Crippen LogP contribution in [-0.2, 0) is 6.42 Å². The van der Waals surface area contributed by atoms with Crippen LogP contribution in [0, 0.1) is 0 Å². The van der Waals surface area contributed by atoms with Crippen LogP contribution >= 0.6 is 11.6 Å². The van der Waals surface area contributed by atoms with Crippen LogP contribution in [-0.4, -0.2) is 29.3 Å². The molecule has 2 N–H and O–H groups in total. The lowest BCUT2D eigenvalue weighted by molar-refractivity contribution is 0.0644. The molecule has 1 aliphatic heterocycles. The zero-order valence-corrected chi connectivity index (χ0v) is 12.6. The summed E-state index contributed by atoms with van der Waals surface area (Å²) in [4.78, 5) is 25.8. The van der Waals surface area contributed by atoms with E-state index in [-0.39, 0.29) is 24.4 Å². The molecule has 0 radical (unpaired) electrons. The molecule has 1 aliphatic rings. The molecule has 0 bridgehead atoms. The van der Waals surface area contributed by atoms with E-state index in [0.717, 1.165) is 5.56 Å². The van der Waals surface area contributed by atoms with Gasteiger partial charge in [0.05, 0.1) is 11.1 Å². The normalized spacial score (nSPS) is 15.1. The lowest BCUT2D eigenvalue weighted by Crippen LogP contribution is -2.41. The lowest BCUT2D eigenvalue weighted by atomic mass is 10.1. The topological polar surface area (TPSA) is 63.4 Å². The van der Waals surface area contributed by atoms with E-state index in [2.05, 4.69) is 0 Å². The van der Waals surface area contributed by atoms with Crippen LogP contribution in [0.15, 0.2) is 48.5 Å². The molecule has 0 fully saturated rings. The van der Waals surface area contributed by atoms with Gasteiger partial charge in [-0.05, 0) is 36.2 Å². The van der Waals surface area contributed by atoms with Crippen LogP contribution in [0.4, 0.5) is 0 Å². The molecule has 22 heavy (non-hydrogen) atoms. The molecule has 1 atom stereocenters. The number of amides is 2. The predicted octanol–water partition coefficient (Wildman–Crippen LogP) is 2.51. The second-order valence-corrected chi connectivity index (χ2v) is 5.80. The van der Waals surface area contributed by atoms with Gasteiger partial charge < -0.3 is 5.73 Å². The minimum atomic E-state index is -0.333. The van der Waals surface area contributed by atoms with Crippen molar-refractivity contribution in [1.82, 2.24) is 4.90 Å². The van der Waals surface area contributed by atoms with E-state index >= 15 is 0 Å². The summed E-state index contributed by atoms with van der Waals surface area (Å²) in [6, 6.07) is 13.9. The van der Waals surface area contributed by atoms with Gasteiger partial charge in [-0.25, -0.2) is 0 Å². The predicted molar refractivity (Wildman–Crippen MR) is 84.9 cm³/mol. The quantitative estimate of drug-likeness (QED) is 0.882. The second kappa shape index (κ2) is 5.91. The van der Waals surface area contributed by atoms with Crippen LogP contribution in [0.3, 0.4) is 0 Å². The molecular formula is C17H15ClN2O2. The summed E-state index contributed by atoms with van der Waals surface area (Å²) in [5, 5.41) is 0.644. The van der Waals surface area contributed by atoms with E-state index in [1.165, 1.54) is 4.90 Å². The minimum absolute atomic E-state index is 0.193. The van der Waals surface area contributed by atoms with Gasteiger partial charge in [0.15, 0.2) is 0 Å². The van der Waals surface area contributed by atoms with Crippen molar-refractivity contribution < 1.29 is 9.59 Å². The van der Waals surface area contributed by atoms with E-state index in [9.17, 15) is 9.59 Å². The molecule has 1 unspecified atom stereocenters. The maximum absolute atomic E-state index is 12.3. The van der Waals surface area contributed by atoms with Crippen LogP contribution in [0.5, 0.6) is 0 Å². The van der Waals surface area contributed by atoms with Gasteiger partial charge in [-0.15, -0.1) is 0 Å². The molecule has 2 aromatic rings. The number of rotatable bonds is 4. The minimum Gasteiger partial charge on any atom is -0.326 e. The highest BCUT2D eigenvalue weighted by atomic mass is 35.5. The van der Waals surface area contributed by atoms with Crippen molar-refractivity contribution in [3.05, 3.63) is 70.2 Å². The third-order valence-corrected chi connectivity index (χ3v) is 3.92. The third kappa shape index (κ3) is 2.75. The Morgan fingerprint density at radius 1 is 1.00 bits per heavy atom. The second-order valence-electron chi connectivity index (χ2n) is 5.36. The molecule has 0 spiro atoms. The molecule has 2 amide bonds. The zero-order valence-electron chi connectivity index (χ0n) is 11.8. The molecule has 1 heterocycles. The Bertz CT molecular complexity index is 710.